The lowest BCUT2D eigenvalue weighted by molar-refractivity contribution is -0.388. The first kappa shape index (κ1) is 13.0. The Morgan fingerprint density at radius 3 is 2.61 bits per heavy atom. The lowest BCUT2D eigenvalue weighted by Gasteiger charge is -2.02. The van der Waals surface area contributed by atoms with Crippen molar-refractivity contribution in [3.05, 3.63) is 56.9 Å². The highest BCUT2D eigenvalue weighted by atomic mass is 79.9. The maximum atomic E-state index is 12.7. The fraction of sp³-hybridized carbons (Fsp3) is 0. The quantitative estimate of drug-likeness (QED) is 0.630. The molecule has 2 rings (SSSR count). The van der Waals surface area contributed by atoms with Crippen molar-refractivity contribution in [2.24, 2.45) is 0 Å². The predicted molar refractivity (Wildman–Crippen MR) is 69.1 cm³/mol. The molecule has 0 saturated carbocycles. The van der Waals surface area contributed by atoms with Crippen LogP contribution in [0, 0.1) is 15.9 Å². The van der Waals surface area contributed by atoms with Gasteiger partial charge in [0.25, 0.3) is 0 Å². The third-order valence-corrected chi connectivity index (χ3v) is 3.47. The molecule has 0 aliphatic rings. The van der Waals surface area contributed by atoms with Crippen LogP contribution in [0.5, 0.6) is 0 Å². The van der Waals surface area contributed by atoms with Gasteiger partial charge in [-0.05, 0) is 40.2 Å². The molecule has 0 unspecified atom stereocenters. The summed E-state index contributed by atoms with van der Waals surface area (Å²) in [7, 11) is 0. The minimum absolute atomic E-state index is 0.0845. The smallest absolute Gasteiger partial charge is 0.258 e. The van der Waals surface area contributed by atoms with Crippen molar-refractivity contribution in [1.29, 1.82) is 0 Å². The van der Waals surface area contributed by atoms with Crippen LogP contribution >= 0.6 is 27.7 Å². The zero-order chi connectivity index (χ0) is 13.1. The average Bonchev–Trinajstić information content (AvgIpc) is 2.34. The van der Waals surface area contributed by atoms with Gasteiger partial charge in [-0.15, -0.1) is 0 Å². The number of halogens is 2. The Labute approximate surface area is 115 Å². The number of hydrogen-bond acceptors (Lipinski definition) is 4. The number of nitro groups is 1. The maximum absolute atomic E-state index is 12.7. The standard InChI is InChI=1S/C11H6BrFN2O2S/c12-7-5-10(15(16)17)11(14-6-7)18-9-3-1-8(13)2-4-9/h1-6H. The van der Waals surface area contributed by atoms with Crippen molar-refractivity contribution < 1.29 is 9.31 Å². The van der Waals surface area contributed by atoms with E-state index < -0.39 is 4.92 Å². The number of hydrogen-bond donors (Lipinski definition) is 0. The number of rotatable bonds is 3. The van der Waals surface area contributed by atoms with E-state index >= 15 is 0 Å². The Balaban J connectivity index is 2.34. The van der Waals surface area contributed by atoms with Crippen LogP contribution in [0.3, 0.4) is 0 Å². The third kappa shape index (κ3) is 3.05. The molecule has 4 nitrogen and oxygen atoms in total. The van der Waals surface area contributed by atoms with E-state index in [9.17, 15) is 14.5 Å². The highest BCUT2D eigenvalue weighted by molar-refractivity contribution is 9.10. The summed E-state index contributed by atoms with van der Waals surface area (Å²) in [6.07, 6.45) is 1.48. The third-order valence-electron chi connectivity index (χ3n) is 2.02. The van der Waals surface area contributed by atoms with Crippen molar-refractivity contribution in [2.45, 2.75) is 9.92 Å². The number of aromatic nitrogens is 1. The van der Waals surface area contributed by atoms with Crippen molar-refractivity contribution in [3.8, 4) is 0 Å². The molecule has 0 N–H and O–H groups in total. The largest absolute Gasteiger partial charge is 0.302 e. The van der Waals surface area contributed by atoms with Gasteiger partial charge in [0, 0.05) is 21.6 Å². The molecule has 1 aromatic carbocycles. The normalized spacial score (nSPS) is 10.3. The predicted octanol–water partition coefficient (Wildman–Crippen LogP) is 4.04. The second-order valence-corrected chi connectivity index (χ2v) is 5.27. The van der Waals surface area contributed by atoms with Crippen LogP contribution in [-0.2, 0) is 0 Å². The van der Waals surface area contributed by atoms with Crippen molar-refractivity contribution in [1.82, 2.24) is 4.98 Å². The number of benzene rings is 1. The van der Waals surface area contributed by atoms with Gasteiger partial charge in [0.15, 0.2) is 5.03 Å². The van der Waals surface area contributed by atoms with Crippen LogP contribution in [0.1, 0.15) is 0 Å². The van der Waals surface area contributed by atoms with E-state index in [4.69, 9.17) is 0 Å². The highest BCUT2D eigenvalue weighted by Crippen LogP contribution is 2.34. The van der Waals surface area contributed by atoms with Crippen molar-refractivity contribution >= 4 is 33.4 Å². The van der Waals surface area contributed by atoms with E-state index in [0.717, 1.165) is 11.8 Å². The maximum Gasteiger partial charge on any atom is 0.302 e. The lowest BCUT2D eigenvalue weighted by Crippen LogP contribution is -1.93. The fourth-order valence-corrected chi connectivity index (χ4v) is 2.40. The van der Waals surface area contributed by atoms with E-state index in [1.54, 1.807) is 12.1 Å². The summed E-state index contributed by atoms with van der Waals surface area (Å²) in [4.78, 5) is 15.1. The topological polar surface area (TPSA) is 56.0 Å². The molecule has 0 atom stereocenters. The molecule has 0 bridgehead atoms. The molecule has 1 heterocycles. The van der Waals surface area contributed by atoms with Gasteiger partial charge in [-0.1, -0.05) is 11.8 Å². The van der Waals surface area contributed by atoms with Gasteiger partial charge >= 0.3 is 5.69 Å². The Kier molecular flexibility index (Phi) is 3.93. The number of pyridine rings is 1. The molecule has 18 heavy (non-hydrogen) atoms. The van der Waals surface area contributed by atoms with Gasteiger partial charge in [0.1, 0.15) is 5.82 Å². The molecule has 0 fully saturated rings. The minimum atomic E-state index is -0.496. The van der Waals surface area contributed by atoms with Crippen LogP contribution in [0.4, 0.5) is 10.1 Å². The van der Waals surface area contributed by atoms with Crippen LogP contribution in [0.25, 0.3) is 0 Å². The zero-order valence-corrected chi connectivity index (χ0v) is 11.2. The van der Waals surface area contributed by atoms with E-state index in [0.29, 0.717) is 9.37 Å². The van der Waals surface area contributed by atoms with Crippen LogP contribution in [0.15, 0.2) is 50.9 Å². The SMILES string of the molecule is O=[N+]([O-])c1cc(Br)cnc1Sc1ccc(F)cc1. The van der Waals surface area contributed by atoms with Gasteiger partial charge in [-0.25, -0.2) is 9.37 Å². The molecular formula is C11H6BrFN2O2S. The summed E-state index contributed by atoms with van der Waals surface area (Å²) in [6, 6.07) is 7.08. The van der Waals surface area contributed by atoms with E-state index in [1.165, 1.54) is 24.4 Å². The summed E-state index contributed by atoms with van der Waals surface area (Å²) in [5.74, 6) is -0.349. The summed E-state index contributed by atoms with van der Waals surface area (Å²) < 4.78 is 13.3. The molecule has 7 heteroatoms. The van der Waals surface area contributed by atoms with E-state index in [2.05, 4.69) is 20.9 Å². The van der Waals surface area contributed by atoms with Crippen LogP contribution in [0.2, 0.25) is 0 Å². The number of nitrogens with zero attached hydrogens (tertiary/aromatic N) is 2. The molecule has 1 aromatic heterocycles. The average molecular weight is 329 g/mol. The van der Waals surface area contributed by atoms with Gasteiger partial charge in [0.2, 0.25) is 0 Å². The lowest BCUT2D eigenvalue weighted by atomic mass is 10.4. The minimum Gasteiger partial charge on any atom is -0.258 e. The summed E-state index contributed by atoms with van der Waals surface area (Å²) in [5, 5.41) is 11.2. The molecular weight excluding hydrogens is 323 g/mol. The Bertz CT molecular complexity index is 592. The van der Waals surface area contributed by atoms with Crippen molar-refractivity contribution in [3.63, 3.8) is 0 Å². The molecule has 2 aromatic rings. The Morgan fingerprint density at radius 2 is 2.00 bits per heavy atom. The first-order valence-electron chi connectivity index (χ1n) is 4.79. The zero-order valence-electron chi connectivity index (χ0n) is 8.84. The molecule has 0 saturated heterocycles. The van der Waals surface area contributed by atoms with Crippen LogP contribution < -0.4 is 0 Å². The molecule has 0 radical (unpaired) electrons. The monoisotopic (exact) mass is 328 g/mol. The van der Waals surface area contributed by atoms with E-state index in [-0.39, 0.29) is 16.5 Å². The molecule has 0 amide bonds. The first-order valence-corrected chi connectivity index (χ1v) is 6.40. The Morgan fingerprint density at radius 1 is 1.33 bits per heavy atom. The van der Waals surface area contributed by atoms with Gasteiger partial charge in [-0.3, -0.25) is 10.1 Å². The summed E-state index contributed by atoms with van der Waals surface area (Å²) >= 11 is 4.25. The Hall–Kier alpha value is -1.47. The van der Waals surface area contributed by atoms with Gasteiger partial charge in [0.05, 0.1) is 4.92 Å². The van der Waals surface area contributed by atoms with Crippen molar-refractivity contribution in [2.75, 3.05) is 0 Å². The fourth-order valence-electron chi connectivity index (χ4n) is 1.24. The molecule has 0 spiro atoms. The molecule has 92 valence electrons. The summed E-state index contributed by atoms with van der Waals surface area (Å²) in [6.45, 7) is 0. The second kappa shape index (κ2) is 5.45. The van der Waals surface area contributed by atoms with Gasteiger partial charge in [-0.2, -0.15) is 0 Å². The molecule has 0 aliphatic heterocycles. The first-order chi connectivity index (χ1) is 8.56. The van der Waals surface area contributed by atoms with E-state index in [1.807, 2.05) is 0 Å². The molecule has 0 aliphatic carbocycles. The second-order valence-electron chi connectivity index (χ2n) is 3.29. The van der Waals surface area contributed by atoms with Crippen LogP contribution in [-0.4, -0.2) is 9.91 Å². The summed E-state index contributed by atoms with van der Waals surface area (Å²) in [5.41, 5.74) is -0.0845. The van der Waals surface area contributed by atoms with Gasteiger partial charge < -0.3 is 0 Å². The highest BCUT2D eigenvalue weighted by Gasteiger charge is 2.16.